The Morgan fingerprint density at radius 3 is 2.63 bits per heavy atom. The lowest BCUT2D eigenvalue weighted by atomic mass is 10.1. The fraction of sp³-hybridized carbons (Fsp3) is 0.211. The second-order valence-electron chi connectivity index (χ2n) is 6.21. The van der Waals surface area contributed by atoms with E-state index in [1.165, 1.54) is 0 Å². The van der Waals surface area contributed by atoms with E-state index in [2.05, 4.69) is 25.8 Å². The topological polar surface area (TPSA) is 81.2 Å². The van der Waals surface area contributed by atoms with E-state index in [-0.39, 0.29) is 0 Å². The summed E-state index contributed by atoms with van der Waals surface area (Å²) in [5, 5.41) is 15.0. The number of aromatic nitrogens is 3. The molecule has 138 valence electrons. The van der Waals surface area contributed by atoms with Crippen molar-refractivity contribution in [3.8, 4) is 11.5 Å². The van der Waals surface area contributed by atoms with Crippen LogP contribution in [0.2, 0.25) is 5.02 Å². The SMILES string of the molecule is Cc1cc(C)c(Nc2nncc(Nc3ccc4c(c3)OCCO4)n2)c(Cl)c1. The predicted octanol–water partition coefficient (Wildman–Crippen LogP) is 4.40. The molecule has 4 rings (SSSR count). The Hall–Kier alpha value is -3.06. The van der Waals surface area contributed by atoms with Crippen LogP contribution in [0.5, 0.6) is 11.5 Å². The normalized spacial score (nSPS) is 12.6. The van der Waals surface area contributed by atoms with Gasteiger partial charge in [-0.15, -0.1) is 5.10 Å². The summed E-state index contributed by atoms with van der Waals surface area (Å²) in [4.78, 5) is 4.45. The van der Waals surface area contributed by atoms with Crippen molar-refractivity contribution < 1.29 is 9.47 Å². The Bertz CT molecular complexity index is 973. The van der Waals surface area contributed by atoms with E-state index in [1.807, 2.05) is 44.2 Å². The van der Waals surface area contributed by atoms with Gasteiger partial charge in [0.25, 0.3) is 0 Å². The highest BCUT2D eigenvalue weighted by Gasteiger charge is 2.13. The Balaban J connectivity index is 1.55. The van der Waals surface area contributed by atoms with Crippen molar-refractivity contribution in [2.24, 2.45) is 0 Å². The number of hydrogen-bond donors (Lipinski definition) is 2. The van der Waals surface area contributed by atoms with Gasteiger partial charge in [0.05, 0.1) is 16.9 Å². The van der Waals surface area contributed by atoms with Crippen LogP contribution in [-0.4, -0.2) is 28.4 Å². The molecule has 0 unspecified atom stereocenters. The number of nitrogens with zero attached hydrogens (tertiary/aromatic N) is 3. The second-order valence-corrected chi connectivity index (χ2v) is 6.62. The molecule has 0 saturated heterocycles. The molecular formula is C19H18ClN5O2. The van der Waals surface area contributed by atoms with Crippen molar-refractivity contribution in [1.29, 1.82) is 0 Å². The third kappa shape index (κ3) is 3.88. The Morgan fingerprint density at radius 1 is 1.00 bits per heavy atom. The number of hydrogen-bond acceptors (Lipinski definition) is 7. The zero-order valence-corrected chi connectivity index (χ0v) is 15.7. The quantitative estimate of drug-likeness (QED) is 0.690. The maximum atomic E-state index is 6.34. The summed E-state index contributed by atoms with van der Waals surface area (Å²) in [6.45, 7) is 5.08. The molecule has 0 spiro atoms. The lowest BCUT2D eigenvalue weighted by Gasteiger charge is -2.19. The second kappa shape index (κ2) is 7.28. The van der Waals surface area contributed by atoms with Crippen LogP contribution in [-0.2, 0) is 0 Å². The average molecular weight is 384 g/mol. The molecule has 0 fully saturated rings. The molecule has 7 nitrogen and oxygen atoms in total. The van der Waals surface area contributed by atoms with Crippen LogP contribution in [0.3, 0.4) is 0 Å². The maximum absolute atomic E-state index is 6.34. The molecule has 2 aromatic carbocycles. The molecule has 2 N–H and O–H groups in total. The number of rotatable bonds is 4. The molecule has 0 saturated carbocycles. The molecule has 0 aliphatic carbocycles. The largest absolute Gasteiger partial charge is 0.486 e. The zero-order valence-electron chi connectivity index (χ0n) is 14.9. The van der Waals surface area contributed by atoms with Crippen molar-refractivity contribution in [2.75, 3.05) is 23.8 Å². The first-order chi connectivity index (χ1) is 13.1. The number of halogens is 1. The molecule has 1 aliphatic rings. The Kier molecular flexibility index (Phi) is 4.68. The highest BCUT2D eigenvalue weighted by molar-refractivity contribution is 6.33. The minimum atomic E-state index is 0.353. The predicted molar refractivity (Wildman–Crippen MR) is 105 cm³/mol. The van der Waals surface area contributed by atoms with Crippen molar-refractivity contribution in [3.05, 3.63) is 52.7 Å². The lowest BCUT2D eigenvalue weighted by Crippen LogP contribution is -2.15. The van der Waals surface area contributed by atoms with Gasteiger partial charge in [-0.3, -0.25) is 0 Å². The fourth-order valence-corrected chi connectivity index (χ4v) is 3.24. The van der Waals surface area contributed by atoms with Gasteiger partial charge in [-0.2, -0.15) is 10.1 Å². The van der Waals surface area contributed by atoms with E-state index in [0.717, 1.165) is 28.3 Å². The van der Waals surface area contributed by atoms with Gasteiger partial charge >= 0.3 is 0 Å². The third-order valence-corrected chi connectivity index (χ3v) is 4.34. The van der Waals surface area contributed by atoms with E-state index in [0.29, 0.717) is 35.8 Å². The number of fused-ring (bicyclic) bond motifs is 1. The highest BCUT2D eigenvalue weighted by Crippen LogP contribution is 2.33. The van der Waals surface area contributed by atoms with Gasteiger partial charge in [-0.25, -0.2) is 0 Å². The van der Waals surface area contributed by atoms with Crippen LogP contribution in [0, 0.1) is 13.8 Å². The summed E-state index contributed by atoms with van der Waals surface area (Å²) in [5.74, 6) is 2.34. The Morgan fingerprint density at radius 2 is 1.81 bits per heavy atom. The van der Waals surface area contributed by atoms with Gasteiger partial charge in [-0.05, 0) is 43.2 Å². The van der Waals surface area contributed by atoms with Crippen LogP contribution in [0.4, 0.5) is 23.1 Å². The van der Waals surface area contributed by atoms with Crippen molar-refractivity contribution in [2.45, 2.75) is 13.8 Å². The first kappa shape index (κ1) is 17.4. The standard InChI is InChI=1S/C19H18ClN5O2/c1-11-7-12(2)18(14(20)8-11)24-19-23-17(10-21-25-19)22-13-3-4-15-16(9-13)27-6-5-26-15/h3-4,7-10H,5-6H2,1-2H3,(H2,22,23,24,25). The molecule has 2 heterocycles. The first-order valence-corrected chi connectivity index (χ1v) is 8.86. The van der Waals surface area contributed by atoms with Crippen molar-refractivity contribution in [3.63, 3.8) is 0 Å². The molecule has 0 amide bonds. The fourth-order valence-electron chi connectivity index (χ4n) is 2.87. The molecular weight excluding hydrogens is 366 g/mol. The molecule has 8 heteroatoms. The average Bonchev–Trinajstić information content (AvgIpc) is 2.65. The minimum absolute atomic E-state index is 0.353. The Labute approximate surface area is 161 Å². The number of aryl methyl sites for hydroxylation is 2. The summed E-state index contributed by atoms with van der Waals surface area (Å²) >= 11 is 6.34. The van der Waals surface area contributed by atoms with Gasteiger partial charge in [0, 0.05) is 11.8 Å². The summed E-state index contributed by atoms with van der Waals surface area (Å²) in [6, 6.07) is 9.55. The number of anilines is 4. The number of ether oxygens (including phenoxy) is 2. The van der Waals surface area contributed by atoms with E-state index in [4.69, 9.17) is 21.1 Å². The lowest BCUT2D eigenvalue weighted by molar-refractivity contribution is 0.171. The molecule has 3 aromatic rings. The summed E-state index contributed by atoms with van der Waals surface area (Å²) in [6.07, 6.45) is 1.55. The zero-order chi connectivity index (χ0) is 18.8. The van der Waals surface area contributed by atoms with Gasteiger partial charge in [0.2, 0.25) is 5.95 Å². The molecule has 1 aromatic heterocycles. The minimum Gasteiger partial charge on any atom is -0.486 e. The van der Waals surface area contributed by atoms with Crippen LogP contribution in [0.15, 0.2) is 36.5 Å². The van der Waals surface area contributed by atoms with Gasteiger partial charge < -0.3 is 20.1 Å². The van der Waals surface area contributed by atoms with Crippen LogP contribution in [0.25, 0.3) is 0 Å². The molecule has 27 heavy (non-hydrogen) atoms. The number of benzene rings is 2. The first-order valence-electron chi connectivity index (χ1n) is 8.49. The molecule has 0 atom stereocenters. The van der Waals surface area contributed by atoms with E-state index in [9.17, 15) is 0 Å². The van der Waals surface area contributed by atoms with E-state index in [1.54, 1.807) is 6.20 Å². The maximum Gasteiger partial charge on any atom is 0.249 e. The summed E-state index contributed by atoms with van der Waals surface area (Å²) in [7, 11) is 0. The van der Waals surface area contributed by atoms with Crippen molar-refractivity contribution >= 4 is 34.7 Å². The third-order valence-electron chi connectivity index (χ3n) is 4.04. The monoisotopic (exact) mass is 383 g/mol. The summed E-state index contributed by atoms with van der Waals surface area (Å²) in [5.41, 5.74) is 3.68. The number of nitrogens with one attached hydrogen (secondary N) is 2. The molecule has 0 radical (unpaired) electrons. The van der Waals surface area contributed by atoms with E-state index < -0.39 is 0 Å². The highest BCUT2D eigenvalue weighted by atomic mass is 35.5. The molecule has 1 aliphatic heterocycles. The van der Waals surface area contributed by atoms with Crippen LogP contribution >= 0.6 is 11.6 Å². The van der Waals surface area contributed by atoms with Gasteiger partial charge in [0.15, 0.2) is 17.3 Å². The smallest absolute Gasteiger partial charge is 0.249 e. The van der Waals surface area contributed by atoms with Crippen LogP contribution in [0.1, 0.15) is 11.1 Å². The van der Waals surface area contributed by atoms with Crippen molar-refractivity contribution in [1.82, 2.24) is 15.2 Å². The van der Waals surface area contributed by atoms with Gasteiger partial charge in [0.1, 0.15) is 13.2 Å². The summed E-state index contributed by atoms with van der Waals surface area (Å²) < 4.78 is 11.1. The van der Waals surface area contributed by atoms with Gasteiger partial charge in [-0.1, -0.05) is 17.7 Å². The van der Waals surface area contributed by atoms with E-state index >= 15 is 0 Å². The molecule has 0 bridgehead atoms. The van der Waals surface area contributed by atoms with Crippen LogP contribution < -0.4 is 20.1 Å².